The molecule has 1 fully saturated rings. The van der Waals surface area contributed by atoms with Crippen molar-refractivity contribution in [2.45, 2.75) is 32.1 Å². The van der Waals surface area contributed by atoms with Gasteiger partial charge in [0.25, 0.3) is 0 Å². The minimum absolute atomic E-state index is 0.179. The molecule has 5 nitrogen and oxygen atoms in total. The molecule has 1 aromatic rings. The van der Waals surface area contributed by atoms with E-state index in [2.05, 4.69) is 12.2 Å². The summed E-state index contributed by atoms with van der Waals surface area (Å²) < 4.78 is 31.9. The van der Waals surface area contributed by atoms with Gasteiger partial charge in [-0.3, -0.25) is 4.79 Å². The lowest BCUT2D eigenvalue weighted by Crippen LogP contribution is -2.39. The predicted molar refractivity (Wildman–Crippen MR) is 106 cm³/mol. The van der Waals surface area contributed by atoms with Gasteiger partial charge in [0.15, 0.2) is 0 Å². The molecule has 1 heterocycles. The van der Waals surface area contributed by atoms with Crippen LogP contribution in [0.5, 0.6) is 0 Å². The number of hydrogen-bond acceptors (Lipinski definition) is 4. The van der Waals surface area contributed by atoms with Crippen LogP contribution in [0, 0.1) is 11.8 Å². The first-order chi connectivity index (χ1) is 13.0. The predicted octanol–water partition coefficient (Wildman–Crippen LogP) is 3.60. The summed E-state index contributed by atoms with van der Waals surface area (Å²) in [6, 6.07) is 9.34. The summed E-state index contributed by atoms with van der Waals surface area (Å²) >= 11 is 0. The minimum Gasteiger partial charge on any atom is -0.465 e. The number of allylic oxidation sites excluding steroid dienone is 2. The van der Waals surface area contributed by atoms with Crippen molar-refractivity contribution in [3.63, 3.8) is 0 Å². The summed E-state index contributed by atoms with van der Waals surface area (Å²) in [5.41, 5.74) is 0.845. The van der Waals surface area contributed by atoms with Crippen LogP contribution in [0.15, 0.2) is 47.9 Å². The number of esters is 1. The van der Waals surface area contributed by atoms with Crippen molar-refractivity contribution in [3.05, 3.63) is 53.5 Å². The number of carbonyl (C=O) groups excluding carboxylic acids is 1. The third-order valence-electron chi connectivity index (χ3n) is 5.22. The molecule has 0 bridgehead atoms. The Hall–Kier alpha value is -1.92. The third-order valence-corrected chi connectivity index (χ3v) is 6.78. The SMILES string of the molecule is O=C(OCC1CC=CCC1)C1CCN(S(=O)(=O)C=Cc2ccccc2)CC1. The maximum atomic E-state index is 12.5. The van der Waals surface area contributed by atoms with Crippen molar-refractivity contribution in [1.82, 2.24) is 4.31 Å². The third kappa shape index (κ3) is 5.78. The summed E-state index contributed by atoms with van der Waals surface area (Å²) in [6.07, 6.45) is 10.0. The van der Waals surface area contributed by atoms with Crippen LogP contribution in [-0.2, 0) is 19.6 Å². The average molecular weight is 390 g/mol. The number of piperidine rings is 1. The minimum atomic E-state index is -3.47. The summed E-state index contributed by atoms with van der Waals surface area (Å²) in [5, 5.41) is 1.25. The van der Waals surface area contributed by atoms with Crippen LogP contribution in [0.2, 0.25) is 0 Å². The Morgan fingerprint density at radius 2 is 1.85 bits per heavy atom. The maximum absolute atomic E-state index is 12.5. The molecule has 3 rings (SSSR count). The lowest BCUT2D eigenvalue weighted by molar-refractivity contribution is -0.151. The highest BCUT2D eigenvalue weighted by Gasteiger charge is 2.31. The molecule has 0 amide bonds. The highest BCUT2D eigenvalue weighted by Crippen LogP contribution is 2.23. The van der Waals surface area contributed by atoms with Gasteiger partial charge in [0.2, 0.25) is 10.0 Å². The van der Waals surface area contributed by atoms with E-state index in [1.165, 1.54) is 9.71 Å². The second-order valence-corrected chi connectivity index (χ2v) is 9.03. The first kappa shape index (κ1) is 19.8. The molecule has 1 atom stereocenters. The van der Waals surface area contributed by atoms with Gasteiger partial charge >= 0.3 is 5.97 Å². The van der Waals surface area contributed by atoms with E-state index in [9.17, 15) is 13.2 Å². The Kier molecular flexibility index (Phi) is 6.85. The molecule has 0 saturated carbocycles. The molecule has 1 saturated heterocycles. The maximum Gasteiger partial charge on any atom is 0.309 e. The summed E-state index contributed by atoms with van der Waals surface area (Å²) in [4.78, 5) is 12.3. The van der Waals surface area contributed by atoms with Gasteiger partial charge in [0.1, 0.15) is 0 Å². The lowest BCUT2D eigenvalue weighted by atomic mass is 9.95. The zero-order chi connectivity index (χ0) is 19.1. The van der Waals surface area contributed by atoms with Crippen molar-refractivity contribution in [2.75, 3.05) is 19.7 Å². The van der Waals surface area contributed by atoms with Gasteiger partial charge in [-0.15, -0.1) is 0 Å². The molecule has 146 valence electrons. The molecule has 1 unspecified atom stereocenters. The lowest BCUT2D eigenvalue weighted by Gasteiger charge is -2.29. The van der Waals surface area contributed by atoms with Gasteiger partial charge in [0.05, 0.1) is 12.5 Å². The van der Waals surface area contributed by atoms with Gasteiger partial charge in [-0.1, -0.05) is 42.5 Å². The molecule has 6 heteroatoms. The van der Waals surface area contributed by atoms with E-state index in [-0.39, 0.29) is 11.9 Å². The monoisotopic (exact) mass is 389 g/mol. The first-order valence-electron chi connectivity index (χ1n) is 9.59. The molecule has 2 aliphatic rings. The molecule has 0 aromatic heterocycles. The topological polar surface area (TPSA) is 63.7 Å². The van der Waals surface area contributed by atoms with Gasteiger partial charge < -0.3 is 4.74 Å². The van der Waals surface area contributed by atoms with Crippen LogP contribution < -0.4 is 0 Å². The van der Waals surface area contributed by atoms with E-state index >= 15 is 0 Å². The number of benzene rings is 1. The molecular formula is C21H27NO4S. The normalized spacial score (nSPS) is 22.1. The van der Waals surface area contributed by atoms with Crippen LogP contribution in [0.3, 0.4) is 0 Å². The van der Waals surface area contributed by atoms with Crippen molar-refractivity contribution < 1.29 is 17.9 Å². The van der Waals surface area contributed by atoms with E-state index in [0.717, 1.165) is 24.8 Å². The summed E-state index contributed by atoms with van der Waals surface area (Å²) in [5.74, 6) is 0.0395. The second kappa shape index (κ2) is 9.33. The number of sulfonamides is 1. The van der Waals surface area contributed by atoms with Crippen molar-refractivity contribution in [2.24, 2.45) is 11.8 Å². The van der Waals surface area contributed by atoms with Crippen molar-refractivity contribution in [3.8, 4) is 0 Å². The number of rotatable bonds is 6. The van der Waals surface area contributed by atoms with Crippen LogP contribution in [0.1, 0.15) is 37.7 Å². The smallest absolute Gasteiger partial charge is 0.309 e. The van der Waals surface area contributed by atoms with Gasteiger partial charge in [-0.05, 0) is 49.7 Å². The Bertz CT molecular complexity index is 778. The molecule has 0 N–H and O–H groups in total. The number of ether oxygens (including phenoxy) is 1. The number of carbonyl (C=O) groups is 1. The highest BCUT2D eigenvalue weighted by molar-refractivity contribution is 7.92. The number of nitrogens with zero attached hydrogens (tertiary/aromatic N) is 1. The van der Waals surface area contributed by atoms with Gasteiger partial charge in [0, 0.05) is 18.5 Å². The fraction of sp³-hybridized carbons (Fsp3) is 0.476. The molecule has 1 aliphatic heterocycles. The molecule has 1 aromatic carbocycles. The Labute approximate surface area is 161 Å². The fourth-order valence-corrected chi connectivity index (χ4v) is 4.71. The van der Waals surface area contributed by atoms with Crippen LogP contribution >= 0.6 is 0 Å². The van der Waals surface area contributed by atoms with Crippen molar-refractivity contribution in [1.29, 1.82) is 0 Å². The van der Waals surface area contributed by atoms with Crippen LogP contribution in [-0.4, -0.2) is 38.4 Å². The first-order valence-corrected chi connectivity index (χ1v) is 11.1. The van der Waals surface area contributed by atoms with E-state index in [0.29, 0.717) is 38.5 Å². The van der Waals surface area contributed by atoms with E-state index in [1.54, 1.807) is 6.08 Å². The van der Waals surface area contributed by atoms with Crippen molar-refractivity contribution >= 4 is 22.1 Å². The van der Waals surface area contributed by atoms with Crippen LogP contribution in [0.25, 0.3) is 6.08 Å². The average Bonchev–Trinajstić information content (AvgIpc) is 2.72. The van der Waals surface area contributed by atoms with E-state index < -0.39 is 10.0 Å². The van der Waals surface area contributed by atoms with E-state index in [4.69, 9.17) is 4.74 Å². The fourth-order valence-electron chi connectivity index (χ4n) is 3.49. The zero-order valence-corrected chi connectivity index (χ0v) is 16.3. The number of hydrogen-bond donors (Lipinski definition) is 0. The quantitative estimate of drug-likeness (QED) is 0.551. The summed E-state index contributed by atoms with van der Waals surface area (Å²) in [6.45, 7) is 1.18. The Balaban J connectivity index is 1.46. The Morgan fingerprint density at radius 3 is 2.52 bits per heavy atom. The largest absolute Gasteiger partial charge is 0.465 e. The Morgan fingerprint density at radius 1 is 1.11 bits per heavy atom. The van der Waals surface area contributed by atoms with Gasteiger partial charge in [-0.2, -0.15) is 4.31 Å². The standard InChI is InChI=1S/C21H27NO4S/c23-21(26-17-19-9-5-2-6-10-19)20-11-14-22(15-12-20)27(24,25)16-13-18-7-3-1-4-8-18/h1-5,7-8,13,16,19-20H,6,9-12,14-15,17H2. The molecule has 0 spiro atoms. The van der Waals surface area contributed by atoms with E-state index in [1.807, 2.05) is 30.3 Å². The molecular weight excluding hydrogens is 362 g/mol. The second-order valence-electron chi connectivity index (χ2n) is 7.21. The molecule has 27 heavy (non-hydrogen) atoms. The molecule has 1 aliphatic carbocycles. The molecule has 0 radical (unpaired) electrons. The van der Waals surface area contributed by atoms with Gasteiger partial charge in [-0.25, -0.2) is 8.42 Å². The highest BCUT2D eigenvalue weighted by atomic mass is 32.2. The van der Waals surface area contributed by atoms with Crippen LogP contribution in [0.4, 0.5) is 0 Å². The summed E-state index contributed by atoms with van der Waals surface area (Å²) in [7, 11) is -3.47. The zero-order valence-electron chi connectivity index (χ0n) is 15.5.